The first kappa shape index (κ1) is 16.3. The summed E-state index contributed by atoms with van der Waals surface area (Å²) in [5.74, 6) is 0.439. The van der Waals surface area contributed by atoms with Crippen LogP contribution in [0.2, 0.25) is 0 Å². The second-order valence-electron chi connectivity index (χ2n) is 7.91. The molecule has 26 heavy (non-hydrogen) atoms. The predicted octanol–water partition coefficient (Wildman–Crippen LogP) is 4.06. The Hall–Kier alpha value is -1.85. The highest BCUT2D eigenvalue weighted by atomic mass is 32.1. The first-order chi connectivity index (χ1) is 12.7. The van der Waals surface area contributed by atoms with Gasteiger partial charge in [-0.05, 0) is 57.2 Å². The Morgan fingerprint density at radius 3 is 2.96 bits per heavy atom. The molecular formula is C21H25N3OS. The minimum absolute atomic E-state index is 0.326. The lowest BCUT2D eigenvalue weighted by atomic mass is 9.84. The number of carbonyl (C=O) groups is 1. The highest BCUT2D eigenvalue weighted by Crippen LogP contribution is 2.36. The summed E-state index contributed by atoms with van der Waals surface area (Å²) < 4.78 is 2.17. The lowest BCUT2D eigenvalue weighted by Gasteiger charge is -2.42. The van der Waals surface area contributed by atoms with Gasteiger partial charge in [-0.1, -0.05) is 24.6 Å². The van der Waals surface area contributed by atoms with Crippen molar-refractivity contribution in [1.29, 1.82) is 0 Å². The van der Waals surface area contributed by atoms with Crippen molar-refractivity contribution in [2.45, 2.75) is 44.6 Å². The first-order valence-electron chi connectivity index (χ1n) is 9.76. The van der Waals surface area contributed by atoms with Gasteiger partial charge in [-0.15, -0.1) is 11.3 Å². The third-order valence-electron chi connectivity index (χ3n) is 6.28. The van der Waals surface area contributed by atoms with Crippen molar-refractivity contribution in [3.05, 3.63) is 40.9 Å². The zero-order valence-corrected chi connectivity index (χ0v) is 15.8. The molecule has 4 nitrogen and oxygen atoms in total. The predicted molar refractivity (Wildman–Crippen MR) is 107 cm³/mol. The quantitative estimate of drug-likeness (QED) is 0.759. The Balaban J connectivity index is 1.45. The molecule has 0 bridgehead atoms. The van der Waals surface area contributed by atoms with E-state index in [1.54, 1.807) is 11.3 Å². The van der Waals surface area contributed by atoms with E-state index in [1.165, 1.54) is 50.1 Å². The molecule has 2 aromatic heterocycles. The van der Waals surface area contributed by atoms with E-state index < -0.39 is 0 Å². The van der Waals surface area contributed by atoms with E-state index in [2.05, 4.69) is 21.6 Å². The largest absolute Gasteiger partial charge is 0.365 e. The molecule has 2 saturated heterocycles. The average Bonchev–Trinajstić information content (AvgIpc) is 3.17. The number of nitrogens with two attached hydrogens (primary N) is 1. The maximum absolute atomic E-state index is 12.1. The number of carbonyl (C=O) groups excluding carboxylic acids is 1. The smallest absolute Gasteiger partial charge is 0.252 e. The van der Waals surface area contributed by atoms with Crippen LogP contribution in [0.4, 0.5) is 0 Å². The molecule has 3 aromatic rings. The standard InChI is InChI=1S/C21H25N3OS/c22-20(25)19-17-6-1-2-7-18(17)24-13-16(26-21(19)24)12-14-8-10-23-9-4-3-5-15(23)11-14/h1-2,6-7,13-15H,3-5,8-12H2,(H2,22,25). The van der Waals surface area contributed by atoms with E-state index in [0.29, 0.717) is 5.56 Å². The second kappa shape index (κ2) is 6.39. The minimum Gasteiger partial charge on any atom is -0.365 e. The molecule has 1 aromatic carbocycles. The molecule has 5 rings (SSSR count). The summed E-state index contributed by atoms with van der Waals surface area (Å²) in [7, 11) is 0. The molecule has 2 unspecified atom stereocenters. The number of primary amides is 1. The van der Waals surface area contributed by atoms with Gasteiger partial charge in [-0.25, -0.2) is 0 Å². The average molecular weight is 368 g/mol. The summed E-state index contributed by atoms with van der Waals surface area (Å²) >= 11 is 1.75. The van der Waals surface area contributed by atoms with Gasteiger partial charge in [0.15, 0.2) is 0 Å². The SMILES string of the molecule is NC(=O)c1c2ccccc2n2cc(CC3CCN4CCCCC4C3)sc12. The van der Waals surface area contributed by atoms with Crippen LogP contribution in [-0.4, -0.2) is 34.3 Å². The number of nitrogens with zero attached hydrogens (tertiary/aromatic N) is 2. The molecule has 2 aliphatic rings. The van der Waals surface area contributed by atoms with Crippen LogP contribution in [0.25, 0.3) is 15.7 Å². The summed E-state index contributed by atoms with van der Waals surface area (Å²) in [4.78, 5) is 17.1. The number of rotatable bonds is 3. The number of hydrogen-bond donors (Lipinski definition) is 1. The molecule has 2 fully saturated rings. The summed E-state index contributed by atoms with van der Waals surface area (Å²) in [5.41, 5.74) is 7.47. The summed E-state index contributed by atoms with van der Waals surface area (Å²) in [6.45, 7) is 2.56. The van der Waals surface area contributed by atoms with Gasteiger partial charge in [0.25, 0.3) is 5.91 Å². The number of thiazole rings is 1. The van der Waals surface area contributed by atoms with Crippen LogP contribution in [0.5, 0.6) is 0 Å². The minimum atomic E-state index is -0.326. The van der Waals surface area contributed by atoms with Crippen molar-refractivity contribution in [2.75, 3.05) is 13.1 Å². The van der Waals surface area contributed by atoms with Gasteiger partial charge in [0.1, 0.15) is 4.83 Å². The van der Waals surface area contributed by atoms with Gasteiger partial charge in [0, 0.05) is 22.5 Å². The number of aromatic nitrogens is 1. The molecule has 0 saturated carbocycles. The third kappa shape index (κ3) is 2.65. The third-order valence-corrected chi connectivity index (χ3v) is 7.41. The number of piperidine rings is 2. The van der Waals surface area contributed by atoms with E-state index in [9.17, 15) is 4.79 Å². The zero-order valence-electron chi connectivity index (χ0n) is 15.0. The van der Waals surface area contributed by atoms with Crippen molar-refractivity contribution in [3.63, 3.8) is 0 Å². The molecule has 0 aliphatic carbocycles. The fourth-order valence-corrected chi connectivity index (χ4v) is 6.33. The van der Waals surface area contributed by atoms with Crippen LogP contribution in [0.1, 0.15) is 47.3 Å². The van der Waals surface area contributed by atoms with Crippen LogP contribution >= 0.6 is 11.3 Å². The molecule has 4 heterocycles. The molecule has 5 heteroatoms. The maximum atomic E-state index is 12.1. The zero-order chi connectivity index (χ0) is 17.7. The second-order valence-corrected chi connectivity index (χ2v) is 9.02. The van der Waals surface area contributed by atoms with E-state index in [-0.39, 0.29) is 5.91 Å². The number of hydrogen-bond acceptors (Lipinski definition) is 3. The Bertz CT molecular complexity index is 972. The molecule has 0 spiro atoms. The highest BCUT2D eigenvalue weighted by Gasteiger charge is 2.30. The summed E-state index contributed by atoms with van der Waals surface area (Å²) in [5, 5.41) is 0.966. The van der Waals surface area contributed by atoms with Crippen molar-refractivity contribution in [2.24, 2.45) is 11.7 Å². The van der Waals surface area contributed by atoms with Crippen molar-refractivity contribution < 1.29 is 4.79 Å². The Kier molecular flexibility index (Phi) is 4.02. The normalized spacial score (nSPS) is 24.2. The van der Waals surface area contributed by atoms with E-state index >= 15 is 0 Å². The lowest BCUT2D eigenvalue weighted by molar-refractivity contribution is 0.0790. The molecule has 136 valence electrons. The Labute approximate surface area is 157 Å². The van der Waals surface area contributed by atoms with Gasteiger partial charge < -0.3 is 15.0 Å². The number of para-hydroxylation sites is 1. The summed E-state index contributed by atoms with van der Waals surface area (Å²) in [6.07, 6.45) is 10.1. The maximum Gasteiger partial charge on any atom is 0.252 e. The number of fused-ring (bicyclic) bond motifs is 4. The molecule has 0 radical (unpaired) electrons. The van der Waals surface area contributed by atoms with Crippen LogP contribution in [0.15, 0.2) is 30.5 Å². The summed E-state index contributed by atoms with van der Waals surface area (Å²) in [6, 6.07) is 8.86. The highest BCUT2D eigenvalue weighted by molar-refractivity contribution is 7.18. The van der Waals surface area contributed by atoms with Crippen LogP contribution in [0.3, 0.4) is 0 Å². The Morgan fingerprint density at radius 1 is 1.19 bits per heavy atom. The van der Waals surface area contributed by atoms with Gasteiger partial charge in [-0.2, -0.15) is 0 Å². The topological polar surface area (TPSA) is 50.7 Å². The molecule has 2 atom stereocenters. The van der Waals surface area contributed by atoms with E-state index in [4.69, 9.17) is 5.73 Å². The van der Waals surface area contributed by atoms with E-state index in [0.717, 1.165) is 34.1 Å². The van der Waals surface area contributed by atoms with Crippen molar-refractivity contribution in [1.82, 2.24) is 9.30 Å². The van der Waals surface area contributed by atoms with Crippen LogP contribution in [-0.2, 0) is 6.42 Å². The fourth-order valence-electron chi connectivity index (χ4n) is 5.04. The van der Waals surface area contributed by atoms with Crippen LogP contribution in [0, 0.1) is 5.92 Å². The number of benzene rings is 1. The number of amides is 1. The van der Waals surface area contributed by atoms with Gasteiger partial charge >= 0.3 is 0 Å². The Morgan fingerprint density at radius 2 is 2.08 bits per heavy atom. The fraction of sp³-hybridized carbons (Fsp3) is 0.476. The molecular weight excluding hydrogens is 342 g/mol. The van der Waals surface area contributed by atoms with Crippen molar-refractivity contribution in [3.8, 4) is 0 Å². The van der Waals surface area contributed by atoms with Gasteiger partial charge in [0.05, 0.1) is 11.1 Å². The molecule has 2 aliphatic heterocycles. The van der Waals surface area contributed by atoms with Gasteiger partial charge in [-0.3, -0.25) is 4.79 Å². The van der Waals surface area contributed by atoms with Gasteiger partial charge in [0.2, 0.25) is 0 Å². The monoisotopic (exact) mass is 367 g/mol. The van der Waals surface area contributed by atoms with Crippen LogP contribution < -0.4 is 5.73 Å². The molecule has 2 N–H and O–H groups in total. The first-order valence-corrected chi connectivity index (χ1v) is 10.6. The van der Waals surface area contributed by atoms with E-state index in [1.807, 2.05) is 18.2 Å². The molecule has 1 amide bonds. The lowest BCUT2D eigenvalue weighted by Crippen LogP contribution is -2.45. The van der Waals surface area contributed by atoms with Crippen molar-refractivity contribution >= 4 is 33.0 Å².